The topological polar surface area (TPSA) is 21.3 Å². The quantitative estimate of drug-likeness (QED) is 0.885. The van der Waals surface area contributed by atoms with Gasteiger partial charge in [0.15, 0.2) is 0 Å². The third-order valence-corrected chi connectivity index (χ3v) is 5.70. The highest BCUT2D eigenvalue weighted by Gasteiger charge is 2.55. The zero-order valence-corrected chi connectivity index (χ0v) is 13.4. The lowest BCUT2D eigenvalue weighted by molar-refractivity contribution is -0.100. The summed E-state index contributed by atoms with van der Waals surface area (Å²) < 4.78 is 19.9. The second-order valence-corrected chi connectivity index (χ2v) is 6.91. The summed E-state index contributed by atoms with van der Waals surface area (Å²) in [5, 5.41) is 3.45. The normalized spacial score (nSPS) is 28.1. The van der Waals surface area contributed by atoms with Gasteiger partial charge in [0.05, 0.1) is 4.47 Å². The SMILES string of the molecule is CNC1CC(Oc2ccc(F)c(Br)c2)C12CCCCC2. The average molecular weight is 342 g/mol. The Hall–Kier alpha value is -0.610. The lowest BCUT2D eigenvalue weighted by atomic mass is 9.55. The van der Waals surface area contributed by atoms with Crippen molar-refractivity contribution >= 4 is 15.9 Å². The predicted octanol–water partition coefficient (Wildman–Crippen LogP) is 4.28. The van der Waals surface area contributed by atoms with Crippen LogP contribution in [0.5, 0.6) is 5.75 Å². The minimum atomic E-state index is -0.244. The van der Waals surface area contributed by atoms with Gasteiger partial charge in [-0.15, -0.1) is 0 Å². The minimum absolute atomic E-state index is 0.244. The van der Waals surface area contributed by atoms with Gasteiger partial charge < -0.3 is 10.1 Å². The fourth-order valence-corrected chi connectivity index (χ4v) is 4.27. The maximum absolute atomic E-state index is 13.3. The van der Waals surface area contributed by atoms with E-state index in [1.165, 1.54) is 38.2 Å². The molecule has 20 heavy (non-hydrogen) atoms. The summed E-state index contributed by atoms with van der Waals surface area (Å²) in [6, 6.07) is 5.49. The third-order valence-electron chi connectivity index (χ3n) is 5.09. The van der Waals surface area contributed by atoms with Crippen molar-refractivity contribution in [1.82, 2.24) is 5.32 Å². The van der Waals surface area contributed by atoms with Gasteiger partial charge >= 0.3 is 0 Å². The largest absolute Gasteiger partial charge is 0.490 e. The molecule has 0 amide bonds. The first-order valence-corrected chi connectivity index (χ1v) is 8.24. The van der Waals surface area contributed by atoms with Crippen molar-refractivity contribution < 1.29 is 9.13 Å². The summed E-state index contributed by atoms with van der Waals surface area (Å²) in [7, 11) is 2.05. The third kappa shape index (κ3) is 2.37. The smallest absolute Gasteiger partial charge is 0.137 e. The van der Waals surface area contributed by atoms with Gasteiger partial charge in [-0.1, -0.05) is 19.3 Å². The molecule has 0 bridgehead atoms. The molecule has 2 unspecified atom stereocenters. The molecule has 2 aliphatic carbocycles. The van der Waals surface area contributed by atoms with E-state index in [0.717, 1.165) is 12.2 Å². The van der Waals surface area contributed by atoms with Gasteiger partial charge in [-0.25, -0.2) is 4.39 Å². The zero-order valence-electron chi connectivity index (χ0n) is 11.8. The molecule has 4 heteroatoms. The first kappa shape index (κ1) is 14.3. The molecule has 0 radical (unpaired) electrons. The summed E-state index contributed by atoms with van der Waals surface area (Å²) in [5.74, 6) is 0.522. The number of nitrogens with one attached hydrogen (secondary N) is 1. The lowest BCUT2D eigenvalue weighted by Gasteiger charge is -2.57. The number of hydrogen-bond acceptors (Lipinski definition) is 2. The van der Waals surface area contributed by atoms with E-state index in [1.54, 1.807) is 12.1 Å². The molecule has 0 heterocycles. The molecule has 3 rings (SSSR count). The summed E-state index contributed by atoms with van der Waals surface area (Å²) >= 11 is 3.22. The van der Waals surface area contributed by atoms with E-state index in [9.17, 15) is 4.39 Å². The van der Waals surface area contributed by atoms with Crippen molar-refractivity contribution in [3.8, 4) is 5.75 Å². The highest BCUT2D eigenvalue weighted by molar-refractivity contribution is 9.10. The van der Waals surface area contributed by atoms with Crippen LogP contribution in [0.4, 0.5) is 4.39 Å². The van der Waals surface area contributed by atoms with Gasteiger partial charge in [-0.3, -0.25) is 0 Å². The molecule has 110 valence electrons. The van der Waals surface area contributed by atoms with Gasteiger partial charge in [-0.05, 0) is 54.0 Å². The Morgan fingerprint density at radius 1 is 1.30 bits per heavy atom. The van der Waals surface area contributed by atoms with E-state index in [1.807, 2.05) is 7.05 Å². The number of hydrogen-bond donors (Lipinski definition) is 1. The Kier molecular flexibility index (Phi) is 4.04. The van der Waals surface area contributed by atoms with Crippen molar-refractivity contribution in [2.45, 2.75) is 50.7 Å². The summed E-state index contributed by atoms with van der Waals surface area (Å²) in [5.41, 5.74) is 0.286. The number of rotatable bonds is 3. The van der Waals surface area contributed by atoms with Crippen LogP contribution in [-0.4, -0.2) is 19.2 Å². The molecule has 2 atom stereocenters. The molecule has 1 spiro atoms. The van der Waals surface area contributed by atoms with Gasteiger partial charge in [-0.2, -0.15) is 0 Å². The van der Waals surface area contributed by atoms with Crippen LogP contribution in [0.1, 0.15) is 38.5 Å². The van der Waals surface area contributed by atoms with Crippen molar-refractivity contribution in [3.63, 3.8) is 0 Å². The summed E-state index contributed by atoms with van der Waals surface area (Å²) in [6.45, 7) is 0. The van der Waals surface area contributed by atoms with Crippen LogP contribution in [-0.2, 0) is 0 Å². The molecule has 2 saturated carbocycles. The van der Waals surface area contributed by atoms with Crippen molar-refractivity contribution in [2.75, 3.05) is 7.05 Å². The van der Waals surface area contributed by atoms with E-state index in [-0.39, 0.29) is 17.3 Å². The molecule has 1 N–H and O–H groups in total. The van der Waals surface area contributed by atoms with Crippen molar-refractivity contribution in [2.24, 2.45) is 5.41 Å². The van der Waals surface area contributed by atoms with Crippen molar-refractivity contribution in [1.29, 1.82) is 0 Å². The number of halogens is 2. The first-order valence-electron chi connectivity index (χ1n) is 7.45. The van der Waals surface area contributed by atoms with Gasteiger partial charge in [0.1, 0.15) is 17.7 Å². The zero-order chi connectivity index (χ0) is 14.2. The second-order valence-electron chi connectivity index (χ2n) is 6.05. The molecular formula is C16H21BrFNO. The van der Waals surface area contributed by atoms with Crippen LogP contribution >= 0.6 is 15.9 Å². The molecule has 2 nitrogen and oxygen atoms in total. The average Bonchev–Trinajstić information content (AvgIpc) is 2.47. The lowest BCUT2D eigenvalue weighted by Crippen LogP contribution is -2.64. The fourth-order valence-electron chi connectivity index (χ4n) is 3.91. The number of benzene rings is 1. The Bertz CT molecular complexity index is 487. The van der Waals surface area contributed by atoms with E-state index in [4.69, 9.17) is 4.74 Å². The van der Waals surface area contributed by atoms with E-state index in [2.05, 4.69) is 21.2 Å². The fraction of sp³-hybridized carbons (Fsp3) is 0.625. The minimum Gasteiger partial charge on any atom is -0.490 e. The molecular weight excluding hydrogens is 321 g/mol. The van der Waals surface area contributed by atoms with Crippen LogP contribution in [0, 0.1) is 11.2 Å². The van der Waals surface area contributed by atoms with Crippen LogP contribution in [0.3, 0.4) is 0 Å². The van der Waals surface area contributed by atoms with E-state index in [0.29, 0.717) is 10.5 Å². The van der Waals surface area contributed by atoms with Crippen molar-refractivity contribution in [3.05, 3.63) is 28.5 Å². The van der Waals surface area contributed by atoms with Gasteiger partial charge in [0, 0.05) is 17.9 Å². The van der Waals surface area contributed by atoms with Gasteiger partial charge in [0.2, 0.25) is 0 Å². The summed E-state index contributed by atoms with van der Waals surface area (Å²) in [6.07, 6.45) is 7.73. The molecule has 0 aromatic heterocycles. The number of ether oxygens (including phenoxy) is 1. The Labute approximate surface area is 128 Å². The Morgan fingerprint density at radius 3 is 2.70 bits per heavy atom. The second kappa shape index (κ2) is 5.64. The predicted molar refractivity (Wildman–Crippen MR) is 81.5 cm³/mol. The van der Waals surface area contributed by atoms with Crippen LogP contribution in [0.25, 0.3) is 0 Å². The van der Waals surface area contributed by atoms with Crippen LogP contribution in [0.15, 0.2) is 22.7 Å². The molecule has 1 aromatic rings. The van der Waals surface area contributed by atoms with Crippen LogP contribution in [0.2, 0.25) is 0 Å². The van der Waals surface area contributed by atoms with E-state index >= 15 is 0 Å². The Morgan fingerprint density at radius 2 is 2.05 bits per heavy atom. The van der Waals surface area contributed by atoms with Gasteiger partial charge in [0.25, 0.3) is 0 Å². The summed E-state index contributed by atoms with van der Waals surface area (Å²) in [4.78, 5) is 0. The maximum atomic E-state index is 13.3. The first-order chi connectivity index (χ1) is 9.65. The Balaban J connectivity index is 1.75. The standard InChI is InChI=1S/C16H21BrFNO/c1-19-14-10-15(16(14)7-3-2-4-8-16)20-11-5-6-13(18)12(17)9-11/h5-6,9,14-15,19H,2-4,7-8,10H2,1H3. The molecule has 2 aliphatic rings. The molecule has 0 saturated heterocycles. The molecule has 1 aromatic carbocycles. The highest BCUT2D eigenvalue weighted by Crippen LogP contribution is 2.53. The van der Waals surface area contributed by atoms with Crippen LogP contribution < -0.4 is 10.1 Å². The highest BCUT2D eigenvalue weighted by atomic mass is 79.9. The molecule has 0 aliphatic heterocycles. The monoisotopic (exact) mass is 341 g/mol. The molecule has 2 fully saturated rings. The maximum Gasteiger partial charge on any atom is 0.137 e. The van der Waals surface area contributed by atoms with E-state index < -0.39 is 0 Å².